The first-order chi connectivity index (χ1) is 13.5. The summed E-state index contributed by atoms with van der Waals surface area (Å²) in [7, 11) is 0. The van der Waals surface area contributed by atoms with Crippen molar-refractivity contribution in [2.24, 2.45) is 0 Å². The van der Waals surface area contributed by atoms with Crippen molar-refractivity contribution in [3.8, 4) is 0 Å². The number of thiazole rings is 1. The van der Waals surface area contributed by atoms with E-state index < -0.39 is 0 Å². The number of aryl methyl sites for hydroxylation is 2. The summed E-state index contributed by atoms with van der Waals surface area (Å²) in [5.74, 6) is 1.17. The largest absolute Gasteiger partial charge is 0.345 e. The second-order valence-corrected chi connectivity index (χ2v) is 9.48. The smallest absolute Gasteiger partial charge is 0.253 e. The molecule has 28 heavy (non-hydrogen) atoms. The van der Waals surface area contributed by atoms with Crippen LogP contribution in [0.1, 0.15) is 28.4 Å². The van der Waals surface area contributed by atoms with Crippen molar-refractivity contribution in [2.45, 2.75) is 25.7 Å². The summed E-state index contributed by atoms with van der Waals surface area (Å²) in [6, 6.07) is 12.4. The average molecular weight is 412 g/mol. The SMILES string of the molecule is CCSc1ccc(C(=O)N2CCN(c3nc4cc(C)cc(C)c4s3)CC2)cc1. The lowest BCUT2D eigenvalue weighted by Crippen LogP contribution is -2.48. The maximum Gasteiger partial charge on any atom is 0.253 e. The zero-order valence-electron chi connectivity index (χ0n) is 16.6. The fourth-order valence-corrected chi connectivity index (χ4v) is 5.37. The number of piperazine rings is 1. The number of anilines is 1. The second-order valence-electron chi connectivity index (χ2n) is 7.16. The van der Waals surface area contributed by atoms with Gasteiger partial charge in [0.1, 0.15) is 0 Å². The molecule has 2 aromatic carbocycles. The molecule has 146 valence electrons. The number of hydrogen-bond donors (Lipinski definition) is 0. The lowest BCUT2D eigenvalue weighted by molar-refractivity contribution is 0.0746. The Hall–Kier alpha value is -2.05. The Kier molecular flexibility index (Phi) is 5.60. The Bertz CT molecular complexity index is 989. The van der Waals surface area contributed by atoms with E-state index >= 15 is 0 Å². The molecule has 1 saturated heterocycles. The van der Waals surface area contributed by atoms with Gasteiger partial charge in [-0.3, -0.25) is 4.79 Å². The summed E-state index contributed by atoms with van der Waals surface area (Å²) in [6.07, 6.45) is 0. The fraction of sp³-hybridized carbons (Fsp3) is 0.364. The highest BCUT2D eigenvalue weighted by molar-refractivity contribution is 7.99. The standard InChI is InChI=1S/C22H25N3OS2/c1-4-27-18-7-5-17(6-8-18)21(26)24-9-11-25(12-10-24)22-23-19-14-15(2)13-16(3)20(19)28-22/h5-8,13-14H,4,9-12H2,1-3H3. The molecule has 1 aliphatic rings. The van der Waals surface area contributed by atoms with Crippen LogP contribution in [0.2, 0.25) is 0 Å². The first kappa shape index (κ1) is 19.3. The molecule has 0 aliphatic carbocycles. The van der Waals surface area contributed by atoms with Crippen LogP contribution in [0.5, 0.6) is 0 Å². The molecule has 0 bridgehead atoms. The topological polar surface area (TPSA) is 36.4 Å². The number of rotatable bonds is 4. The molecule has 0 N–H and O–H groups in total. The molecule has 1 aromatic heterocycles. The van der Waals surface area contributed by atoms with Gasteiger partial charge in [0.05, 0.1) is 10.2 Å². The van der Waals surface area contributed by atoms with E-state index in [2.05, 4.69) is 37.8 Å². The maximum atomic E-state index is 12.8. The Labute approximate surface area is 174 Å². The average Bonchev–Trinajstić information content (AvgIpc) is 3.13. The number of benzene rings is 2. The zero-order valence-corrected chi connectivity index (χ0v) is 18.2. The number of nitrogens with zero attached hydrogens (tertiary/aromatic N) is 3. The number of thioether (sulfide) groups is 1. The van der Waals surface area contributed by atoms with Crippen molar-refractivity contribution in [3.05, 3.63) is 53.1 Å². The third kappa shape index (κ3) is 3.89. The van der Waals surface area contributed by atoms with E-state index in [1.807, 2.05) is 29.2 Å². The van der Waals surface area contributed by atoms with Gasteiger partial charge in [0.2, 0.25) is 0 Å². The van der Waals surface area contributed by atoms with Gasteiger partial charge in [0.25, 0.3) is 5.91 Å². The molecule has 3 aromatic rings. The van der Waals surface area contributed by atoms with Crippen LogP contribution < -0.4 is 4.90 Å². The molecule has 0 radical (unpaired) electrons. The molecule has 1 fully saturated rings. The van der Waals surface area contributed by atoms with Gasteiger partial charge in [-0.2, -0.15) is 0 Å². The van der Waals surface area contributed by atoms with Gasteiger partial charge in [0, 0.05) is 36.6 Å². The summed E-state index contributed by atoms with van der Waals surface area (Å²) in [5, 5.41) is 1.07. The number of hydrogen-bond acceptors (Lipinski definition) is 5. The van der Waals surface area contributed by atoms with E-state index in [9.17, 15) is 4.79 Å². The Morgan fingerprint density at radius 3 is 2.50 bits per heavy atom. The number of amides is 1. The molecule has 1 aliphatic heterocycles. The van der Waals surface area contributed by atoms with Crippen LogP contribution in [0, 0.1) is 13.8 Å². The third-order valence-electron chi connectivity index (χ3n) is 5.06. The van der Waals surface area contributed by atoms with E-state index in [0.717, 1.165) is 48.1 Å². The number of carbonyl (C=O) groups is 1. The van der Waals surface area contributed by atoms with Crippen LogP contribution in [0.15, 0.2) is 41.3 Å². The minimum atomic E-state index is 0.128. The molecule has 4 nitrogen and oxygen atoms in total. The van der Waals surface area contributed by atoms with Crippen LogP contribution in [0.3, 0.4) is 0 Å². The third-order valence-corrected chi connectivity index (χ3v) is 7.22. The monoisotopic (exact) mass is 411 g/mol. The van der Waals surface area contributed by atoms with Crippen LogP contribution in [-0.4, -0.2) is 47.7 Å². The molecule has 4 rings (SSSR count). The van der Waals surface area contributed by atoms with Gasteiger partial charge in [0.15, 0.2) is 5.13 Å². The lowest BCUT2D eigenvalue weighted by Gasteiger charge is -2.34. The first-order valence-corrected chi connectivity index (χ1v) is 11.5. The summed E-state index contributed by atoms with van der Waals surface area (Å²) in [6.45, 7) is 9.52. The van der Waals surface area contributed by atoms with Gasteiger partial charge in [-0.25, -0.2) is 4.98 Å². The highest BCUT2D eigenvalue weighted by atomic mass is 32.2. The van der Waals surface area contributed by atoms with Crippen LogP contribution in [0.4, 0.5) is 5.13 Å². The van der Waals surface area contributed by atoms with Crippen molar-refractivity contribution in [1.29, 1.82) is 0 Å². The minimum Gasteiger partial charge on any atom is -0.345 e. The Morgan fingerprint density at radius 1 is 1.11 bits per heavy atom. The maximum absolute atomic E-state index is 12.8. The molecule has 0 saturated carbocycles. The van der Waals surface area contributed by atoms with Crippen molar-refractivity contribution in [3.63, 3.8) is 0 Å². The number of aromatic nitrogens is 1. The van der Waals surface area contributed by atoms with Gasteiger partial charge < -0.3 is 9.80 Å². The molecule has 2 heterocycles. The van der Waals surface area contributed by atoms with Crippen molar-refractivity contribution >= 4 is 44.4 Å². The molecular formula is C22H25N3OS2. The molecule has 6 heteroatoms. The van der Waals surface area contributed by atoms with Crippen LogP contribution in [0.25, 0.3) is 10.2 Å². The summed E-state index contributed by atoms with van der Waals surface area (Å²) in [4.78, 5) is 23.2. The van der Waals surface area contributed by atoms with Crippen LogP contribution >= 0.6 is 23.1 Å². The number of fused-ring (bicyclic) bond motifs is 1. The predicted molar refractivity (Wildman–Crippen MR) is 120 cm³/mol. The van der Waals surface area contributed by atoms with E-state index in [0.29, 0.717) is 0 Å². The van der Waals surface area contributed by atoms with Crippen LogP contribution in [-0.2, 0) is 0 Å². The lowest BCUT2D eigenvalue weighted by atomic mass is 10.1. The molecule has 1 amide bonds. The zero-order chi connectivity index (χ0) is 19.7. The summed E-state index contributed by atoms with van der Waals surface area (Å²) >= 11 is 3.56. The molecule has 0 atom stereocenters. The molecule has 0 unspecified atom stereocenters. The number of carbonyl (C=O) groups excluding carboxylic acids is 1. The quantitative estimate of drug-likeness (QED) is 0.567. The van der Waals surface area contributed by atoms with E-state index in [4.69, 9.17) is 4.98 Å². The van der Waals surface area contributed by atoms with Gasteiger partial charge in [-0.1, -0.05) is 24.3 Å². The van der Waals surface area contributed by atoms with Crippen molar-refractivity contribution in [1.82, 2.24) is 9.88 Å². The summed E-state index contributed by atoms with van der Waals surface area (Å²) in [5.41, 5.74) is 4.40. The first-order valence-electron chi connectivity index (χ1n) is 9.70. The highest BCUT2D eigenvalue weighted by Crippen LogP contribution is 2.32. The fourth-order valence-electron chi connectivity index (χ4n) is 3.64. The minimum absolute atomic E-state index is 0.128. The molecular weight excluding hydrogens is 386 g/mol. The Balaban J connectivity index is 1.43. The van der Waals surface area contributed by atoms with Crippen molar-refractivity contribution in [2.75, 3.05) is 36.8 Å². The van der Waals surface area contributed by atoms with E-state index in [1.54, 1.807) is 23.1 Å². The van der Waals surface area contributed by atoms with E-state index in [-0.39, 0.29) is 5.91 Å². The second kappa shape index (κ2) is 8.13. The van der Waals surface area contributed by atoms with Gasteiger partial charge in [-0.15, -0.1) is 11.8 Å². The van der Waals surface area contributed by atoms with E-state index in [1.165, 1.54) is 20.7 Å². The summed E-state index contributed by atoms with van der Waals surface area (Å²) < 4.78 is 1.27. The molecule has 0 spiro atoms. The Morgan fingerprint density at radius 2 is 1.82 bits per heavy atom. The van der Waals surface area contributed by atoms with Gasteiger partial charge in [-0.05, 0) is 61.1 Å². The van der Waals surface area contributed by atoms with Gasteiger partial charge >= 0.3 is 0 Å². The predicted octanol–water partition coefficient (Wildman–Crippen LogP) is 4.99. The normalized spacial score (nSPS) is 14.7. The highest BCUT2D eigenvalue weighted by Gasteiger charge is 2.24. The van der Waals surface area contributed by atoms with Crippen molar-refractivity contribution < 1.29 is 4.79 Å².